The maximum atomic E-state index is 12.0. The minimum atomic E-state index is -3.40. The summed E-state index contributed by atoms with van der Waals surface area (Å²) >= 11 is 0. The molecule has 0 atom stereocenters. The van der Waals surface area contributed by atoms with Crippen LogP contribution in [0.1, 0.15) is 18.4 Å². The molecule has 1 amide bonds. The minimum Gasteiger partial charge on any atom is -0.454 e. The van der Waals surface area contributed by atoms with Gasteiger partial charge in [-0.3, -0.25) is 4.79 Å². The van der Waals surface area contributed by atoms with Crippen molar-refractivity contribution >= 4 is 15.7 Å². The molecule has 0 unspecified atom stereocenters. The Hall–Kier alpha value is -2.02. The van der Waals surface area contributed by atoms with E-state index in [4.69, 9.17) is 9.47 Å². The van der Waals surface area contributed by atoms with Crippen molar-refractivity contribution in [3.05, 3.63) is 35.9 Å². The van der Waals surface area contributed by atoms with E-state index in [0.717, 1.165) is 24.2 Å². The molecule has 1 aromatic rings. The average molecular weight is 351 g/mol. The van der Waals surface area contributed by atoms with Crippen LogP contribution in [0.3, 0.4) is 0 Å². The lowest BCUT2D eigenvalue weighted by atomic mass is 10.1. The fourth-order valence-corrected chi connectivity index (χ4v) is 3.91. The topological polar surface area (TPSA) is 72.9 Å². The van der Waals surface area contributed by atoms with Gasteiger partial charge in [0.05, 0.1) is 5.75 Å². The fraction of sp³-hybridized carbons (Fsp3) is 0.471. The second-order valence-corrected chi connectivity index (χ2v) is 8.11. The quantitative estimate of drug-likeness (QED) is 0.727. The standard InChI is InChI=1S/C17H21NO5S/c19-17(18-8-2-3-9-18)12-24(20,21)10-4-1-5-14-6-7-15-16(11-14)23-13-22-15/h1,4,6-7,11H,2-3,5,8-10,12-13H2/b4-1+. The summed E-state index contributed by atoms with van der Waals surface area (Å²) in [4.78, 5) is 13.6. The first-order valence-electron chi connectivity index (χ1n) is 8.05. The molecule has 1 aromatic carbocycles. The Morgan fingerprint density at radius 3 is 2.67 bits per heavy atom. The SMILES string of the molecule is O=C(CS(=O)(=O)C/C=C/Cc1ccc2c(c1)OCO2)N1CCCC1. The van der Waals surface area contributed by atoms with E-state index in [9.17, 15) is 13.2 Å². The molecular formula is C17H21NO5S. The molecule has 0 radical (unpaired) electrons. The zero-order valence-electron chi connectivity index (χ0n) is 13.4. The first-order valence-corrected chi connectivity index (χ1v) is 9.87. The van der Waals surface area contributed by atoms with Gasteiger partial charge in [0, 0.05) is 13.1 Å². The number of hydrogen-bond donors (Lipinski definition) is 0. The van der Waals surface area contributed by atoms with Gasteiger partial charge in [-0.1, -0.05) is 18.2 Å². The predicted octanol–water partition coefficient (Wildman–Crippen LogP) is 1.55. The Labute approximate surface area is 142 Å². The Morgan fingerprint density at radius 1 is 1.12 bits per heavy atom. The molecule has 0 bridgehead atoms. The van der Waals surface area contributed by atoms with Crippen LogP contribution in [-0.4, -0.2) is 50.6 Å². The number of benzene rings is 1. The number of hydrogen-bond acceptors (Lipinski definition) is 5. The van der Waals surface area contributed by atoms with E-state index >= 15 is 0 Å². The molecule has 0 N–H and O–H groups in total. The van der Waals surface area contributed by atoms with E-state index < -0.39 is 15.6 Å². The van der Waals surface area contributed by atoms with E-state index in [-0.39, 0.29) is 18.5 Å². The molecule has 7 heteroatoms. The highest BCUT2D eigenvalue weighted by Crippen LogP contribution is 2.32. The van der Waals surface area contributed by atoms with Crippen LogP contribution in [0.5, 0.6) is 11.5 Å². The van der Waals surface area contributed by atoms with Crippen molar-refractivity contribution in [2.75, 3.05) is 31.4 Å². The lowest BCUT2D eigenvalue weighted by molar-refractivity contribution is -0.127. The Bertz CT molecular complexity index is 735. The van der Waals surface area contributed by atoms with Crippen LogP contribution in [0.25, 0.3) is 0 Å². The summed E-state index contributed by atoms with van der Waals surface area (Å²) in [5.41, 5.74) is 1.01. The summed E-state index contributed by atoms with van der Waals surface area (Å²) in [7, 11) is -3.40. The van der Waals surface area contributed by atoms with Gasteiger partial charge in [-0.15, -0.1) is 0 Å². The van der Waals surface area contributed by atoms with E-state index in [1.807, 2.05) is 18.2 Å². The van der Waals surface area contributed by atoms with Crippen molar-refractivity contribution in [1.29, 1.82) is 0 Å². The number of carbonyl (C=O) groups is 1. The van der Waals surface area contributed by atoms with Crippen molar-refractivity contribution < 1.29 is 22.7 Å². The lowest BCUT2D eigenvalue weighted by Crippen LogP contribution is -2.33. The van der Waals surface area contributed by atoms with E-state index in [2.05, 4.69) is 0 Å². The molecule has 6 nitrogen and oxygen atoms in total. The molecule has 2 aliphatic rings. The maximum absolute atomic E-state index is 12.0. The number of likely N-dealkylation sites (tertiary alicyclic amines) is 1. The normalized spacial score (nSPS) is 16.9. The second-order valence-electron chi connectivity index (χ2n) is 6.01. The van der Waals surface area contributed by atoms with Gasteiger partial charge in [0.1, 0.15) is 5.75 Å². The average Bonchev–Trinajstić information content (AvgIpc) is 3.21. The molecule has 0 saturated carbocycles. The summed E-state index contributed by atoms with van der Waals surface area (Å²) in [5, 5.41) is 0. The molecule has 1 fully saturated rings. The highest BCUT2D eigenvalue weighted by atomic mass is 32.2. The van der Waals surface area contributed by atoms with Gasteiger partial charge in [-0.25, -0.2) is 8.42 Å². The number of ether oxygens (including phenoxy) is 2. The summed E-state index contributed by atoms with van der Waals surface area (Å²) in [6, 6.07) is 5.65. The second kappa shape index (κ2) is 7.25. The van der Waals surface area contributed by atoms with Gasteiger partial charge < -0.3 is 14.4 Å². The summed E-state index contributed by atoms with van der Waals surface area (Å²) in [6.07, 6.45) is 5.93. The van der Waals surface area contributed by atoms with Crippen LogP contribution in [0.2, 0.25) is 0 Å². The van der Waals surface area contributed by atoms with Gasteiger partial charge in [-0.05, 0) is 37.0 Å². The zero-order valence-corrected chi connectivity index (χ0v) is 14.3. The van der Waals surface area contributed by atoms with E-state index in [1.165, 1.54) is 0 Å². The Kier molecular flexibility index (Phi) is 5.08. The van der Waals surface area contributed by atoms with E-state index in [1.54, 1.807) is 17.1 Å². The van der Waals surface area contributed by atoms with Gasteiger partial charge in [0.25, 0.3) is 0 Å². The number of nitrogens with zero attached hydrogens (tertiary/aromatic N) is 1. The molecule has 130 valence electrons. The van der Waals surface area contributed by atoms with Gasteiger partial charge in [0.15, 0.2) is 21.3 Å². The van der Waals surface area contributed by atoms with Crippen LogP contribution in [0, 0.1) is 0 Å². The van der Waals surface area contributed by atoms with Gasteiger partial charge in [0.2, 0.25) is 12.7 Å². The number of allylic oxidation sites excluding steroid dienone is 1. The number of sulfone groups is 1. The van der Waals surface area contributed by atoms with Crippen LogP contribution >= 0.6 is 0 Å². The third-order valence-electron chi connectivity index (χ3n) is 4.11. The summed E-state index contributed by atoms with van der Waals surface area (Å²) < 4.78 is 34.6. The first-order chi connectivity index (χ1) is 11.5. The summed E-state index contributed by atoms with van der Waals surface area (Å²) in [5.74, 6) is 0.644. The Morgan fingerprint density at radius 2 is 1.88 bits per heavy atom. The summed E-state index contributed by atoms with van der Waals surface area (Å²) in [6.45, 7) is 1.58. The highest BCUT2D eigenvalue weighted by Gasteiger charge is 2.23. The third kappa shape index (κ3) is 4.29. The number of fused-ring (bicyclic) bond motifs is 1. The minimum absolute atomic E-state index is 0.114. The van der Waals surface area contributed by atoms with Crippen molar-refractivity contribution in [2.24, 2.45) is 0 Å². The third-order valence-corrected chi connectivity index (χ3v) is 5.50. The predicted molar refractivity (Wildman–Crippen MR) is 89.9 cm³/mol. The highest BCUT2D eigenvalue weighted by molar-refractivity contribution is 7.92. The molecule has 3 rings (SSSR count). The molecule has 1 saturated heterocycles. The smallest absolute Gasteiger partial charge is 0.237 e. The molecule has 2 heterocycles. The monoisotopic (exact) mass is 351 g/mol. The van der Waals surface area contributed by atoms with E-state index in [0.29, 0.717) is 25.3 Å². The molecule has 24 heavy (non-hydrogen) atoms. The molecule has 0 spiro atoms. The van der Waals surface area contributed by atoms with Crippen LogP contribution in [0.4, 0.5) is 0 Å². The van der Waals surface area contributed by atoms with Crippen LogP contribution in [-0.2, 0) is 21.1 Å². The molecule has 0 aliphatic carbocycles. The molecular weight excluding hydrogens is 330 g/mol. The Balaban J connectivity index is 1.49. The lowest BCUT2D eigenvalue weighted by Gasteiger charge is -2.14. The zero-order chi connectivity index (χ0) is 17.0. The fourth-order valence-electron chi connectivity index (χ4n) is 2.81. The van der Waals surface area contributed by atoms with Crippen molar-refractivity contribution in [2.45, 2.75) is 19.3 Å². The van der Waals surface area contributed by atoms with Crippen LogP contribution in [0.15, 0.2) is 30.4 Å². The number of amides is 1. The molecule has 2 aliphatic heterocycles. The van der Waals surface area contributed by atoms with Gasteiger partial charge >= 0.3 is 0 Å². The number of rotatable bonds is 6. The van der Waals surface area contributed by atoms with Gasteiger partial charge in [-0.2, -0.15) is 0 Å². The maximum Gasteiger partial charge on any atom is 0.237 e. The van der Waals surface area contributed by atoms with Crippen LogP contribution < -0.4 is 9.47 Å². The van der Waals surface area contributed by atoms with Crippen molar-refractivity contribution in [3.8, 4) is 11.5 Å². The first kappa shape index (κ1) is 16.8. The largest absolute Gasteiger partial charge is 0.454 e. The van der Waals surface area contributed by atoms with Crippen molar-refractivity contribution in [3.63, 3.8) is 0 Å². The van der Waals surface area contributed by atoms with Crippen molar-refractivity contribution in [1.82, 2.24) is 4.90 Å². The molecule has 0 aromatic heterocycles. The number of carbonyl (C=O) groups excluding carboxylic acids is 1.